The maximum Gasteiger partial charge on any atom is 0.312 e. The van der Waals surface area contributed by atoms with E-state index in [0.717, 1.165) is 11.3 Å². The van der Waals surface area contributed by atoms with Gasteiger partial charge in [0.25, 0.3) is 0 Å². The third-order valence-corrected chi connectivity index (χ3v) is 4.08. The molecule has 1 aliphatic rings. The number of hydrogen-bond acceptors (Lipinski definition) is 3. The minimum atomic E-state index is -0.846. The van der Waals surface area contributed by atoms with Crippen LogP contribution >= 0.6 is 0 Å². The lowest BCUT2D eigenvalue weighted by Gasteiger charge is -2.22. The van der Waals surface area contributed by atoms with Crippen LogP contribution in [0.5, 0.6) is 0 Å². The second-order valence-electron chi connectivity index (χ2n) is 5.93. The summed E-state index contributed by atoms with van der Waals surface area (Å²) in [4.78, 5) is 25.3. The van der Waals surface area contributed by atoms with E-state index in [9.17, 15) is 14.7 Å². The van der Waals surface area contributed by atoms with E-state index in [1.165, 1.54) is 0 Å². The second-order valence-corrected chi connectivity index (χ2v) is 5.93. The summed E-state index contributed by atoms with van der Waals surface area (Å²) in [6.07, 6.45) is 0. The minimum absolute atomic E-state index is 0.0722. The normalized spacial score (nSPS) is 18.5. The Kier molecular flexibility index (Phi) is 4.50. The van der Waals surface area contributed by atoms with Gasteiger partial charge in [-0.1, -0.05) is 32.0 Å². The summed E-state index contributed by atoms with van der Waals surface area (Å²) in [6.45, 7) is 6.61. The van der Waals surface area contributed by atoms with E-state index < -0.39 is 11.9 Å². The number of carboxylic acids is 1. The fraction of sp³-hybridized carbons (Fsp3) is 0.500. The Balaban J connectivity index is 2.08. The molecule has 5 heteroatoms. The fourth-order valence-corrected chi connectivity index (χ4v) is 2.49. The van der Waals surface area contributed by atoms with E-state index in [2.05, 4.69) is 19.2 Å². The molecule has 1 amide bonds. The SMILES string of the molecule is CC(C)C(C)NC(=O)CN1CC(C(=O)O)c2ccccc21. The number of carbonyl (C=O) groups is 2. The Hall–Kier alpha value is -2.04. The molecule has 2 atom stereocenters. The van der Waals surface area contributed by atoms with Crippen molar-refractivity contribution in [2.24, 2.45) is 5.92 Å². The average Bonchev–Trinajstić information content (AvgIpc) is 2.78. The van der Waals surface area contributed by atoms with Crippen LogP contribution in [0.25, 0.3) is 0 Å². The number of anilines is 1. The van der Waals surface area contributed by atoms with Crippen molar-refractivity contribution in [1.29, 1.82) is 0 Å². The van der Waals surface area contributed by atoms with Gasteiger partial charge in [0, 0.05) is 18.3 Å². The number of fused-ring (bicyclic) bond motifs is 1. The average molecular weight is 290 g/mol. The molecule has 0 spiro atoms. The first kappa shape index (κ1) is 15.4. The van der Waals surface area contributed by atoms with Gasteiger partial charge in [0.1, 0.15) is 5.92 Å². The molecule has 0 saturated heterocycles. The highest BCUT2D eigenvalue weighted by atomic mass is 16.4. The van der Waals surface area contributed by atoms with Crippen molar-refractivity contribution in [1.82, 2.24) is 5.32 Å². The molecule has 0 aromatic heterocycles. The molecule has 2 N–H and O–H groups in total. The van der Waals surface area contributed by atoms with Crippen LogP contribution in [-0.2, 0) is 9.59 Å². The van der Waals surface area contributed by atoms with Crippen molar-refractivity contribution >= 4 is 17.6 Å². The first-order chi connectivity index (χ1) is 9.90. The van der Waals surface area contributed by atoms with Gasteiger partial charge in [-0.25, -0.2) is 0 Å². The Morgan fingerprint density at radius 3 is 2.62 bits per heavy atom. The molecule has 0 radical (unpaired) electrons. The van der Waals surface area contributed by atoms with Gasteiger partial charge in [-0.3, -0.25) is 9.59 Å². The van der Waals surface area contributed by atoms with Crippen LogP contribution < -0.4 is 10.2 Å². The molecule has 0 bridgehead atoms. The zero-order valence-corrected chi connectivity index (χ0v) is 12.7. The topological polar surface area (TPSA) is 69.6 Å². The van der Waals surface area contributed by atoms with Crippen molar-refractivity contribution in [3.63, 3.8) is 0 Å². The Morgan fingerprint density at radius 1 is 1.33 bits per heavy atom. The maximum absolute atomic E-state index is 12.1. The van der Waals surface area contributed by atoms with E-state index in [1.54, 1.807) is 0 Å². The number of carboxylic acid groups (broad SMARTS) is 1. The van der Waals surface area contributed by atoms with Crippen LogP contribution in [0.1, 0.15) is 32.3 Å². The highest BCUT2D eigenvalue weighted by Gasteiger charge is 2.34. The van der Waals surface area contributed by atoms with Crippen LogP contribution in [-0.4, -0.2) is 36.1 Å². The molecule has 0 aliphatic carbocycles. The second kappa shape index (κ2) is 6.16. The minimum Gasteiger partial charge on any atom is -0.481 e. The fourth-order valence-electron chi connectivity index (χ4n) is 2.49. The summed E-state index contributed by atoms with van der Waals surface area (Å²) >= 11 is 0. The molecular weight excluding hydrogens is 268 g/mol. The lowest BCUT2D eigenvalue weighted by Crippen LogP contribution is -2.42. The number of carbonyl (C=O) groups excluding carboxylic acids is 1. The third kappa shape index (κ3) is 3.35. The summed E-state index contributed by atoms with van der Waals surface area (Å²) < 4.78 is 0. The number of aliphatic carboxylic acids is 1. The van der Waals surface area contributed by atoms with Crippen LogP contribution in [0.15, 0.2) is 24.3 Å². The zero-order chi connectivity index (χ0) is 15.6. The van der Waals surface area contributed by atoms with Crippen molar-refractivity contribution < 1.29 is 14.7 Å². The predicted molar refractivity (Wildman–Crippen MR) is 81.5 cm³/mol. The summed E-state index contributed by atoms with van der Waals surface area (Å²) in [7, 11) is 0. The number of rotatable bonds is 5. The van der Waals surface area contributed by atoms with Gasteiger partial charge in [-0.2, -0.15) is 0 Å². The van der Waals surface area contributed by atoms with Crippen LogP contribution in [0.2, 0.25) is 0 Å². The highest BCUT2D eigenvalue weighted by Crippen LogP contribution is 2.35. The zero-order valence-electron chi connectivity index (χ0n) is 12.7. The van der Waals surface area contributed by atoms with Crippen molar-refractivity contribution in [3.8, 4) is 0 Å². The molecule has 21 heavy (non-hydrogen) atoms. The first-order valence-electron chi connectivity index (χ1n) is 7.26. The summed E-state index contributed by atoms with van der Waals surface area (Å²) in [6, 6.07) is 7.50. The summed E-state index contributed by atoms with van der Waals surface area (Å²) in [5.41, 5.74) is 1.63. The molecule has 2 rings (SSSR count). The number of benzene rings is 1. The van der Waals surface area contributed by atoms with E-state index in [0.29, 0.717) is 12.5 Å². The molecule has 1 aliphatic heterocycles. The monoisotopic (exact) mass is 290 g/mol. The van der Waals surface area contributed by atoms with E-state index in [1.807, 2.05) is 36.1 Å². The molecule has 1 aromatic carbocycles. The van der Waals surface area contributed by atoms with Gasteiger partial charge in [-0.15, -0.1) is 0 Å². The number of nitrogens with one attached hydrogen (secondary N) is 1. The van der Waals surface area contributed by atoms with Gasteiger partial charge in [0.15, 0.2) is 0 Å². The van der Waals surface area contributed by atoms with E-state index >= 15 is 0 Å². The lowest BCUT2D eigenvalue weighted by molar-refractivity contribution is -0.138. The summed E-state index contributed by atoms with van der Waals surface area (Å²) in [5, 5.41) is 12.3. The lowest BCUT2D eigenvalue weighted by atomic mass is 10.0. The molecule has 1 aromatic rings. The van der Waals surface area contributed by atoms with Crippen molar-refractivity contribution in [2.75, 3.05) is 18.0 Å². The molecule has 114 valence electrons. The highest BCUT2D eigenvalue weighted by molar-refractivity contribution is 5.87. The first-order valence-corrected chi connectivity index (χ1v) is 7.26. The largest absolute Gasteiger partial charge is 0.481 e. The molecule has 0 saturated carbocycles. The van der Waals surface area contributed by atoms with Crippen LogP contribution in [0.4, 0.5) is 5.69 Å². The number of para-hydroxylation sites is 1. The number of nitrogens with zero attached hydrogens (tertiary/aromatic N) is 1. The standard InChI is InChI=1S/C16H22N2O3/c1-10(2)11(3)17-15(19)9-18-8-13(16(20)21)12-6-4-5-7-14(12)18/h4-7,10-11,13H,8-9H2,1-3H3,(H,17,19)(H,20,21). The maximum atomic E-state index is 12.1. The van der Waals surface area contributed by atoms with Crippen molar-refractivity contribution in [3.05, 3.63) is 29.8 Å². The third-order valence-electron chi connectivity index (χ3n) is 4.08. The molecule has 1 heterocycles. The van der Waals surface area contributed by atoms with Gasteiger partial charge >= 0.3 is 5.97 Å². The Morgan fingerprint density at radius 2 is 2.00 bits per heavy atom. The Bertz CT molecular complexity index is 542. The Labute approximate surface area is 125 Å². The van der Waals surface area contributed by atoms with Gasteiger partial charge in [0.05, 0.1) is 6.54 Å². The molecular formula is C16H22N2O3. The van der Waals surface area contributed by atoms with E-state index in [4.69, 9.17) is 0 Å². The smallest absolute Gasteiger partial charge is 0.312 e. The molecule has 2 unspecified atom stereocenters. The van der Waals surface area contributed by atoms with Crippen LogP contribution in [0.3, 0.4) is 0 Å². The number of amides is 1. The van der Waals surface area contributed by atoms with Gasteiger partial charge in [-0.05, 0) is 24.5 Å². The van der Waals surface area contributed by atoms with Gasteiger partial charge in [0.2, 0.25) is 5.91 Å². The van der Waals surface area contributed by atoms with E-state index in [-0.39, 0.29) is 18.5 Å². The van der Waals surface area contributed by atoms with Crippen molar-refractivity contribution in [2.45, 2.75) is 32.7 Å². The number of hydrogen-bond donors (Lipinski definition) is 2. The summed E-state index contributed by atoms with van der Waals surface area (Å²) in [5.74, 6) is -1.11. The van der Waals surface area contributed by atoms with Crippen LogP contribution in [0, 0.1) is 5.92 Å². The molecule has 0 fully saturated rings. The predicted octanol–water partition coefficient (Wildman–Crippen LogP) is 1.84. The quantitative estimate of drug-likeness (QED) is 0.868. The molecule has 5 nitrogen and oxygen atoms in total. The van der Waals surface area contributed by atoms with Gasteiger partial charge < -0.3 is 15.3 Å².